The highest BCUT2D eigenvalue weighted by molar-refractivity contribution is 6.42. The molecule has 0 aliphatic heterocycles. The quantitative estimate of drug-likeness (QED) is 0.681. The third-order valence-electron chi connectivity index (χ3n) is 2.91. The number of benzene rings is 2. The first-order valence-electron chi connectivity index (χ1n) is 5.95. The van der Waals surface area contributed by atoms with E-state index < -0.39 is 5.97 Å². The van der Waals surface area contributed by atoms with E-state index in [-0.39, 0.29) is 6.61 Å². The Bertz CT molecular complexity index is 656. The topological polar surface area (TPSA) is 52.3 Å². The van der Waals surface area contributed by atoms with Gasteiger partial charge in [0.1, 0.15) is 6.61 Å². The van der Waals surface area contributed by atoms with Crippen molar-refractivity contribution < 1.29 is 9.53 Å². The van der Waals surface area contributed by atoms with Crippen LogP contribution in [-0.4, -0.2) is 5.97 Å². The minimum absolute atomic E-state index is 0.0615. The number of hydrogen-bond acceptors (Lipinski definition) is 3. The van der Waals surface area contributed by atoms with Crippen molar-refractivity contribution in [3.8, 4) is 0 Å². The Balaban J connectivity index is 2.08. The van der Waals surface area contributed by atoms with Crippen LogP contribution in [0.3, 0.4) is 0 Å². The van der Waals surface area contributed by atoms with Crippen LogP contribution in [0.2, 0.25) is 10.0 Å². The predicted octanol–water partition coefficient (Wildman–Crippen LogP) is 4.24. The van der Waals surface area contributed by atoms with E-state index in [9.17, 15) is 4.79 Å². The molecule has 0 atom stereocenters. The summed E-state index contributed by atoms with van der Waals surface area (Å²) in [6.07, 6.45) is 0. The Hall–Kier alpha value is -1.71. The molecule has 0 fully saturated rings. The number of anilines is 1. The fourth-order valence-electron chi connectivity index (χ4n) is 1.65. The number of carbonyl (C=O) groups excluding carboxylic acids is 1. The smallest absolute Gasteiger partial charge is 0.338 e. The number of hydrogen-bond donors (Lipinski definition) is 1. The van der Waals surface area contributed by atoms with E-state index >= 15 is 0 Å². The van der Waals surface area contributed by atoms with Crippen LogP contribution in [0.1, 0.15) is 21.5 Å². The average molecular weight is 310 g/mol. The van der Waals surface area contributed by atoms with Crippen LogP contribution < -0.4 is 5.73 Å². The van der Waals surface area contributed by atoms with E-state index in [0.29, 0.717) is 26.9 Å². The number of esters is 1. The van der Waals surface area contributed by atoms with E-state index in [1.165, 1.54) is 0 Å². The van der Waals surface area contributed by atoms with E-state index in [2.05, 4.69) is 0 Å². The first kappa shape index (κ1) is 14.7. The number of nitrogen functional groups attached to an aromatic ring is 1. The van der Waals surface area contributed by atoms with Gasteiger partial charge in [-0.1, -0.05) is 41.4 Å². The first-order valence-corrected chi connectivity index (χ1v) is 6.71. The number of ether oxygens (including phenoxy) is 1. The standard InChI is InChI=1S/C15H13Cl2NO2/c1-9-5-6-10(7-13(9)18)15(19)20-8-11-3-2-4-12(16)14(11)17/h2-7H,8,18H2,1H3. The lowest BCUT2D eigenvalue weighted by molar-refractivity contribution is 0.0473. The SMILES string of the molecule is Cc1ccc(C(=O)OCc2cccc(Cl)c2Cl)cc1N. The van der Waals surface area contributed by atoms with E-state index in [1.807, 2.05) is 6.92 Å². The molecule has 2 N–H and O–H groups in total. The van der Waals surface area contributed by atoms with Crippen molar-refractivity contribution in [2.24, 2.45) is 0 Å². The lowest BCUT2D eigenvalue weighted by Gasteiger charge is -2.08. The van der Waals surface area contributed by atoms with Crippen molar-refractivity contribution in [3.05, 3.63) is 63.1 Å². The summed E-state index contributed by atoms with van der Waals surface area (Å²) in [5.41, 5.74) is 8.30. The fourth-order valence-corrected chi connectivity index (χ4v) is 2.03. The Morgan fingerprint density at radius 2 is 2.00 bits per heavy atom. The van der Waals surface area contributed by atoms with Gasteiger partial charge in [-0.25, -0.2) is 4.79 Å². The van der Waals surface area contributed by atoms with Gasteiger partial charge in [0.05, 0.1) is 15.6 Å². The second kappa shape index (κ2) is 6.16. The highest BCUT2D eigenvalue weighted by Crippen LogP contribution is 2.26. The van der Waals surface area contributed by atoms with Gasteiger partial charge in [-0.2, -0.15) is 0 Å². The van der Waals surface area contributed by atoms with Gasteiger partial charge in [-0.15, -0.1) is 0 Å². The largest absolute Gasteiger partial charge is 0.457 e. The van der Waals surface area contributed by atoms with Gasteiger partial charge in [0, 0.05) is 11.3 Å². The van der Waals surface area contributed by atoms with Crippen molar-refractivity contribution in [1.29, 1.82) is 0 Å². The predicted molar refractivity (Wildman–Crippen MR) is 81.2 cm³/mol. The Morgan fingerprint density at radius 1 is 1.25 bits per heavy atom. The molecular weight excluding hydrogens is 297 g/mol. The second-order valence-corrected chi connectivity index (χ2v) is 5.15. The minimum Gasteiger partial charge on any atom is -0.457 e. The van der Waals surface area contributed by atoms with E-state index in [0.717, 1.165) is 5.56 Å². The molecular formula is C15H13Cl2NO2. The summed E-state index contributed by atoms with van der Waals surface area (Å²) in [4.78, 5) is 11.9. The highest BCUT2D eigenvalue weighted by Gasteiger charge is 2.11. The van der Waals surface area contributed by atoms with Gasteiger partial charge >= 0.3 is 5.97 Å². The molecule has 0 amide bonds. The van der Waals surface area contributed by atoms with Gasteiger partial charge in [-0.3, -0.25) is 0 Å². The summed E-state index contributed by atoms with van der Waals surface area (Å²) in [5, 5.41) is 0.824. The molecule has 2 aromatic carbocycles. The molecule has 0 spiro atoms. The van der Waals surface area contributed by atoms with Crippen molar-refractivity contribution >= 4 is 34.9 Å². The molecule has 0 saturated heterocycles. The highest BCUT2D eigenvalue weighted by atomic mass is 35.5. The second-order valence-electron chi connectivity index (χ2n) is 4.36. The minimum atomic E-state index is -0.451. The Kier molecular flexibility index (Phi) is 4.53. The Labute approximate surface area is 127 Å². The zero-order valence-corrected chi connectivity index (χ0v) is 12.3. The zero-order valence-electron chi connectivity index (χ0n) is 10.8. The number of nitrogens with two attached hydrogens (primary N) is 1. The normalized spacial score (nSPS) is 10.3. The van der Waals surface area contributed by atoms with Crippen LogP contribution in [0.15, 0.2) is 36.4 Å². The lowest BCUT2D eigenvalue weighted by atomic mass is 10.1. The van der Waals surface area contributed by atoms with Gasteiger partial charge in [0.2, 0.25) is 0 Å². The van der Waals surface area contributed by atoms with E-state index in [1.54, 1.807) is 36.4 Å². The summed E-state index contributed by atoms with van der Waals surface area (Å²) < 4.78 is 5.21. The van der Waals surface area contributed by atoms with Crippen molar-refractivity contribution in [2.75, 3.05) is 5.73 Å². The van der Waals surface area contributed by atoms with Crippen LogP contribution in [0.5, 0.6) is 0 Å². The molecule has 0 radical (unpaired) electrons. The molecule has 0 saturated carbocycles. The molecule has 104 valence electrons. The third-order valence-corrected chi connectivity index (χ3v) is 3.76. The van der Waals surface area contributed by atoms with Gasteiger partial charge in [0.25, 0.3) is 0 Å². The molecule has 2 rings (SSSR count). The van der Waals surface area contributed by atoms with Crippen LogP contribution >= 0.6 is 23.2 Å². The van der Waals surface area contributed by atoms with E-state index in [4.69, 9.17) is 33.7 Å². The average Bonchev–Trinajstić information content (AvgIpc) is 2.43. The van der Waals surface area contributed by atoms with Crippen LogP contribution in [-0.2, 0) is 11.3 Å². The van der Waals surface area contributed by atoms with Gasteiger partial charge in [0.15, 0.2) is 0 Å². The lowest BCUT2D eigenvalue weighted by Crippen LogP contribution is -2.06. The van der Waals surface area contributed by atoms with Crippen LogP contribution in [0.25, 0.3) is 0 Å². The maximum Gasteiger partial charge on any atom is 0.338 e. The molecule has 20 heavy (non-hydrogen) atoms. The maximum absolute atomic E-state index is 11.9. The molecule has 0 bridgehead atoms. The van der Waals surface area contributed by atoms with Crippen LogP contribution in [0.4, 0.5) is 5.69 Å². The molecule has 0 aromatic heterocycles. The summed E-state index contributed by atoms with van der Waals surface area (Å²) in [6, 6.07) is 10.2. The molecule has 0 heterocycles. The molecule has 5 heteroatoms. The number of halogens is 2. The number of aryl methyl sites for hydroxylation is 1. The summed E-state index contributed by atoms with van der Waals surface area (Å²) in [7, 11) is 0. The number of carbonyl (C=O) groups is 1. The summed E-state index contributed by atoms with van der Waals surface area (Å²) >= 11 is 11.9. The molecule has 2 aromatic rings. The zero-order chi connectivity index (χ0) is 14.7. The van der Waals surface area contributed by atoms with Gasteiger partial charge in [-0.05, 0) is 30.7 Å². The fraction of sp³-hybridized carbons (Fsp3) is 0.133. The van der Waals surface area contributed by atoms with Crippen molar-refractivity contribution in [3.63, 3.8) is 0 Å². The molecule has 0 unspecified atom stereocenters. The molecule has 0 aliphatic rings. The third kappa shape index (κ3) is 3.24. The van der Waals surface area contributed by atoms with Crippen molar-refractivity contribution in [1.82, 2.24) is 0 Å². The van der Waals surface area contributed by atoms with Crippen LogP contribution in [0, 0.1) is 6.92 Å². The molecule has 0 aliphatic carbocycles. The van der Waals surface area contributed by atoms with Gasteiger partial charge < -0.3 is 10.5 Å². The monoisotopic (exact) mass is 309 g/mol. The first-order chi connectivity index (χ1) is 9.49. The maximum atomic E-state index is 11.9. The van der Waals surface area contributed by atoms with Crippen molar-refractivity contribution in [2.45, 2.75) is 13.5 Å². The number of rotatable bonds is 3. The Morgan fingerprint density at radius 3 is 2.70 bits per heavy atom. The summed E-state index contributed by atoms with van der Waals surface area (Å²) in [6.45, 7) is 1.93. The summed E-state index contributed by atoms with van der Waals surface area (Å²) in [5.74, 6) is -0.451. The molecule has 3 nitrogen and oxygen atoms in total.